The summed E-state index contributed by atoms with van der Waals surface area (Å²) in [6, 6.07) is 3.92. The number of aromatic amines is 1. The van der Waals surface area contributed by atoms with E-state index < -0.39 is 0 Å². The molecule has 0 atom stereocenters. The summed E-state index contributed by atoms with van der Waals surface area (Å²) in [5.41, 5.74) is 2.67. The predicted molar refractivity (Wildman–Crippen MR) is 66.1 cm³/mol. The lowest BCUT2D eigenvalue weighted by Crippen LogP contribution is -2.11. The fourth-order valence-corrected chi connectivity index (χ4v) is 2.28. The van der Waals surface area contributed by atoms with E-state index in [1.54, 1.807) is 11.8 Å². The van der Waals surface area contributed by atoms with Crippen LogP contribution in [0.2, 0.25) is 0 Å². The van der Waals surface area contributed by atoms with Gasteiger partial charge in [-0.15, -0.1) is 11.8 Å². The number of nitrogens with one attached hydrogen (secondary N) is 1. The van der Waals surface area contributed by atoms with Gasteiger partial charge in [-0.05, 0) is 37.1 Å². The van der Waals surface area contributed by atoms with Gasteiger partial charge in [-0.3, -0.25) is 9.78 Å². The van der Waals surface area contributed by atoms with Crippen LogP contribution in [0.25, 0.3) is 11.0 Å². The van der Waals surface area contributed by atoms with Crippen molar-refractivity contribution in [2.24, 2.45) is 0 Å². The van der Waals surface area contributed by atoms with Gasteiger partial charge in [0.2, 0.25) is 0 Å². The Morgan fingerprint density at radius 2 is 2.25 bits per heavy atom. The Morgan fingerprint density at radius 1 is 1.44 bits per heavy atom. The van der Waals surface area contributed by atoms with Gasteiger partial charge >= 0.3 is 0 Å². The van der Waals surface area contributed by atoms with E-state index in [2.05, 4.69) is 9.97 Å². The third-order valence-corrected chi connectivity index (χ3v) is 3.64. The van der Waals surface area contributed by atoms with Crippen molar-refractivity contribution in [3.8, 4) is 0 Å². The van der Waals surface area contributed by atoms with E-state index in [1.807, 2.05) is 24.6 Å². The standard InChI is InChI=1S/C12H12N2OS/c1-16-8-4-11-10(13-6-8)5-9(7-2-3-7)12(15)14-11/h4-7H,2-3H2,1H3,(H,14,15). The van der Waals surface area contributed by atoms with Crippen LogP contribution in [0, 0.1) is 0 Å². The fourth-order valence-electron chi connectivity index (χ4n) is 1.89. The average molecular weight is 232 g/mol. The SMILES string of the molecule is CSc1cnc2cc(C3CC3)c(=O)[nH]c2c1. The van der Waals surface area contributed by atoms with Crippen LogP contribution in [-0.4, -0.2) is 16.2 Å². The number of fused-ring (bicyclic) bond motifs is 1. The maximum atomic E-state index is 11.8. The van der Waals surface area contributed by atoms with Crippen LogP contribution in [0.4, 0.5) is 0 Å². The van der Waals surface area contributed by atoms with Gasteiger partial charge in [0.05, 0.1) is 11.0 Å². The summed E-state index contributed by atoms with van der Waals surface area (Å²) in [6.45, 7) is 0. The largest absolute Gasteiger partial charge is 0.320 e. The molecule has 0 spiro atoms. The van der Waals surface area contributed by atoms with Gasteiger partial charge in [0.25, 0.3) is 5.56 Å². The lowest BCUT2D eigenvalue weighted by molar-refractivity contribution is 1.06. The molecule has 0 aromatic carbocycles. The number of hydrogen-bond acceptors (Lipinski definition) is 3. The number of aromatic nitrogens is 2. The zero-order valence-electron chi connectivity index (χ0n) is 8.99. The number of nitrogens with zero attached hydrogens (tertiary/aromatic N) is 1. The number of pyridine rings is 2. The summed E-state index contributed by atoms with van der Waals surface area (Å²) < 4.78 is 0. The van der Waals surface area contributed by atoms with E-state index in [0.29, 0.717) is 5.92 Å². The molecule has 2 heterocycles. The molecule has 0 amide bonds. The predicted octanol–water partition coefficient (Wildman–Crippen LogP) is 2.52. The van der Waals surface area contributed by atoms with Crippen LogP contribution in [0.15, 0.2) is 28.0 Å². The van der Waals surface area contributed by atoms with Gasteiger partial charge in [-0.25, -0.2) is 0 Å². The van der Waals surface area contributed by atoms with E-state index in [-0.39, 0.29) is 5.56 Å². The number of rotatable bonds is 2. The molecular weight excluding hydrogens is 220 g/mol. The Bertz CT molecular complexity index is 601. The van der Waals surface area contributed by atoms with E-state index in [1.165, 1.54) is 0 Å². The molecule has 3 rings (SSSR count). The van der Waals surface area contributed by atoms with E-state index >= 15 is 0 Å². The monoisotopic (exact) mass is 232 g/mol. The molecule has 1 saturated carbocycles. The summed E-state index contributed by atoms with van der Waals surface area (Å²) in [4.78, 5) is 20.2. The molecule has 1 aliphatic carbocycles. The van der Waals surface area contributed by atoms with Crippen molar-refractivity contribution in [3.05, 3.63) is 34.2 Å². The summed E-state index contributed by atoms with van der Waals surface area (Å²) in [6.07, 6.45) is 6.12. The lowest BCUT2D eigenvalue weighted by Gasteiger charge is -2.02. The highest BCUT2D eigenvalue weighted by Gasteiger charge is 2.26. The minimum Gasteiger partial charge on any atom is -0.320 e. The van der Waals surface area contributed by atoms with Gasteiger partial charge in [-0.1, -0.05) is 0 Å². The minimum atomic E-state index is 0.0510. The molecule has 2 aromatic heterocycles. The first-order valence-electron chi connectivity index (χ1n) is 5.35. The quantitative estimate of drug-likeness (QED) is 0.809. The van der Waals surface area contributed by atoms with Crippen molar-refractivity contribution >= 4 is 22.8 Å². The molecule has 2 aromatic rings. The van der Waals surface area contributed by atoms with E-state index in [0.717, 1.165) is 34.3 Å². The molecule has 1 N–H and O–H groups in total. The highest BCUT2D eigenvalue weighted by molar-refractivity contribution is 7.98. The van der Waals surface area contributed by atoms with Gasteiger partial charge in [0.1, 0.15) is 0 Å². The molecule has 0 aliphatic heterocycles. The molecule has 0 radical (unpaired) electrons. The zero-order chi connectivity index (χ0) is 11.1. The molecule has 0 bridgehead atoms. The maximum Gasteiger partial charge on any atom is 0.252 e. The fraction of sp³-hybridized carbons (Fsp3) is 0.333. The lowest BCUT2D eigenvalue weighted by atomic mass is 10.1. The third kappa shape index (κ3) is 1.63. The summed E-state index contributed by atoms with van der Waals surface area (Å²) in [7, 11) is 0. The second-order valence-electron chi connectivity index (χ2n) is 4.14. The van der Waals surface area contributed by atoms with Crippen LogP contribution >= 0.6 is 11.8 Å². The molecule has 0 saturated heterocycles. The first-order chi connectivity index (χ1) is 7.78. The van der Waals surface area contributed by atoms with Crippen molar-refractivity contribution in [2.75, 3.05) is 6.26 Å². The number of thioether (sulfide) groups is 1. The second kappa shape index (κ2) is 3.63. The van der Waals surface area contributed by atoms with Crippen molar-refractivity contribution in [2.45, 2.75) is 23.7 Å². The van der Waals surface area contributed by atoms with Crippen LogP contribution in [0.1, 0.15) is 24.3 Å². The molecular formula is C12H12N2OS. The first-order valence-corrected chi connectivity index (χ1v) is 6.57. The third-order valence-electron chi connectivity index (χ3n) is 2.95. The molecule has 0 unspecified atom stereocenters. The zero-order valence-corrected chi connectivity index (χ0v) is 9.80. The summed E-state index contributed by atoms with van der Waals surface area (Å²) >= 11 is 1.63. The van der Waals surface area contributed by atoms with Crippen LogP contribution in [-0.2, 0) is 0 Å². The van der Waals surface area contributed by atoms with E-state index in [9.17, 15) is 4.79 Å². The van der Waals surface area contributed by atoms with Crippen molar-refractivity contribution in [1.82, 2.24) is 9.97 Å². The normalized spacial score (nSPS) is 15.6. The van der Waals surface area contributed by atoms with Crippen LogP contribution < -0.4 is 5.56 Å². The van der Waals surface area contributed by atoms with Gasteiger partial charge in [0, 0.05) is 16.7 Å². The van der Waals surface area contributed by atoms with Crippen molar-refractivity contribution in [1.29, 1.82) is 0 Å². The van der Waals surface area contributed by atoms with Crippen LogP contribution in [0.3, 0.4) is 0 Å². The molecule has 16 heavy (non-hydrogen) atoms. The number of H-pyrrole nitrogens is 1. The summed E-state index contributed by atoms with van der Waals surface area (Å²) in [5, 5.41) is 0. The Balaban J connectivity index is 2.22. The Labute approximate surface area is 97.3 Å². The Hall–Kier alpha value is -1.29. The maximum absolute atomic E-state index is 11.8. The first kappa shape index (κ1) is 9.90. The molecule has 1 fully saturated rings. The average Bonchev–Trinajstić information content (AvgIpc) is 3.11. The van der Waals surface area contributed by atoms with Crippen molar-refractivity contribution < 1.29 is 0 Å². The molecule has 4 heteroatoms. The molecule has 1 aliphatic rings. The van der Waals surface area contributed by atoms with Crippen molar-refractivity contribution in [3.63, 3.8) is 0 Å². The highest BCUT2D eigenvalue weighted by Crippen LogP contribution is 2.38. The Morgan fingerprint density at radius 3 is 2.94 bits per heavy atom. The van der Waals surface area contributed by atoms with Crippen LogP contribution in [0.5, 0.6) is 0 Å². The van der Waals surface area contributed by atoms with Gasteiger partial charge in [0.15, 0.2) is 0 Å². The van der Waals surface area contributed by atoms with E-state index in [4.69, 9.17) is 0 Å². The van der Waals surface area contributed by atoms with Gasteiger partial charge < -0.3 is 4.98 Å². The number of hydrogen-bond donors (Lipinski definition) is 1. The molecule has 3 nitrogen and oxygen atoms in total. The second-order valence-corrected chi connectivity index (χ2v) is 5.02. The van der Waals surface area contributed by atoms with Gasteiger partial charge in [-0.2, -0.15) is 0 Å². The summed E-state index contributed by atoms with van der Waals surface area (Å²) in [5.74, 6) is 0.468. The minimum absolute atomic E-state index is 0.0510. The topological polar surface area (TPSA) is 45.8 Å². The Kier molecular flexibility index (Phi) is 2.24. The highest BCUT2D eigenvalue weighted by atomic mass is 32.2. The smallest absolute Gasteiger partial charge is 0.252 e. The molecule has 82 valence electrons.